The maximum atomic E-state index is 12.2. The number of aliphatic carboxylic acids is 1. The van der Waals surface area contributed by atoms with E-state index in [1.165, 1.54) is 4.88 Å². The van der Waals surface area contributed by atoms with Crippen LogP contribution in [0.3, 0.4) is 0 Å². The molecule has 0 saturated carbocycles. The lowest BCUT2D eigenvalue weighted by Crippen LogP contribution is -2.36. The summed E-state index contributed by atoms with van der Waals surface area (Å²) in [6.07, 6.45) is 3.28. The van der Waals surface area contributed by atoms with E-state index in [9.17, 15) is 9.59 Å². The Hall–Kier alpha value is -1.40. The standard InChI is InChI=1S/C15H22N2O3S/c18-14(6-1-4-13-5-2-11-21-13)17-8-3-7-16(9-10-17)12-15(19)20/h2,5,11H,1,3-4,6-10,12H2,(H,19,20). The van der Waals surface area contributed by atoms with E-state index in [1.54, 1.807) is 11.3 Å². The number of thiophene rings is 1. The number of aryl methyl sites for hydroxylation is 1. The third-order valence-electron chi connectivity index (χ3n) is 3.69. The smallest absolute Gasteiger partial charge is 0.317 e. The molecule has 0 spiro atoms. The van der Waals surface area contributed by atoms with Crippen LogP contribution in [0.1, 0.15) is 24.1 Å². The molecule has 116 valence electrons. The molecule has 1 aliphatic heterocycles. The van der Waals surface area contributed by atoms with Crippen LogP contribution in [0.4, 0.5) is 0 Å². The topological polar surface area (TPSA) is 60.9 Å². The van der Waals surface area contributed by atoms with Crippen LogP contribution in [0.25, 0.3) is 0 Å². The van der Waals surface area contributed by atoms with Gasteiger partial charge in [0.05, 0.1) is 6.54 Å². The fourth-order valence-electron chi connectivity index (χ4n) is 2.60. The molecule has 0 atom stereocenters. The summed E-state index contributed by atoms with van der Waals surface area (Å²) in [4.78, 5) is 28.0. The highest BCUT2D eigenvalue weighted by Gasteiger charge is 2.19. The van der Waals surface area contributed by atoms with Gasteiger partial charge in [-0.15, -0.1) is 11.3 Å². The molecule has 1 fully saturated rings. The lowest BCUT2D eigenvalue weighted by Gasteiger charge is -2.21. The largest absolute Gasteiger partial charge is 0.480 e. The van der Waals surface area contributed by atoms with Gasteiger partial charge in [0.25, 0.3) is 0 Å². The maximum Gasteiger partial charge on any atom is 0.317 e. The van der Waals surface area contributed by atoms with Crippen LogP contribution in [-0.4, -0.2) is 59.5 Å². The number of hydrogen-bond acceptors (Lipinski definition) is 4. The Kier molecular flexibility index (Phi) is 6.20. The molecule has 0 bridgehead atoms. The van der Waals surface area contributed by atoms with Gasteiger partial charge in [-0.25, -0.2) is 0 Å². The summed E-state index contributed by atoms with van der Waals surface area (Å²) >= 11 is 1.73. The molecule has 0 aliphatic carbocycles. The van der Waals surface area contributed by atoms with Gasteiger partial charge in [-0.05, 0) is 30.7 Å². The van der Waals surface area contributed by atoms with E-state index < -0.39 is 5.97 Å². The van der Waals surface area contributed by atoms with Crippen molar-refractivity contribution in [3.05, 3.63) is 22.4 Å². The Bertz CT molecular complexity index is 461. The fourth-order valence-corrected chi connectivity index (χ4v) is 3.35. The van der Waals surface area contributed by atoms with Crippen molar-refractivity contribution < 1.29 is 14.7 Å². The number of carbonyl (C=O) groups excluding carboxylic acids is 1. The number of carbonyl (C=O) groups is 2. The van der Waals surface area contributed by atoms with E-state index in [2.05, 4.69) is 11.4 Å². The number of rotatable bonds is 6. The van der Waals surface area contributed by atoms with Crippen molar-refractivity contribution in [1.82, 2.24) is 9.80 Å². The molecule has 1 aliphatic rings. The summed E-state index contributed by atoms with van der Waals surface area (Å²) in [6.45, 7) is 2.87. The van der Waals surface area contributed by atoms with Gasteiger partial charge in [0.2, 0.25) is 5.91 Å². The van der Waals surface area contributed by atoms with Crippen molar-refractivity contribution >= 4 is 23.2 Å². The Morgan fingerprint density at radius 1 is 1.24 bits per heavy atom. The van der Waals surface area contributed by atoms with Crippen molar-refractivity contribution in [2.45, 2.75) is 25.7 Å². The molecular weight excluding hydrogens is 288 g/mol. The van der Waals surface area contributed by atoms with Gasteiger partial charge < -0.3 is 10.0 Å². The van der Waals surface area contributed by atoms with Gasteiger partial charge >= 0.3 is 5.97 Å². The van der Waals surface area contributed by atoms with Gasteiger partial charge in [-0.2, -0.15) is 0 Å². The first-order valence-corrected chi connectivity index (χ1v) is 8.27. The van der Waals surface area contributed by atoms with E-state index in [0.717, 1.165) is 32.4 Å². The van der Waals surface area contributed by atoms with Crippen LogP contribution in [0.2, 0.25) is 0 Å². The molecule has 0 aromatic carbocycles. The van der Waals surface area contributed by atoms with Crippen molar-refractivity contribution in [1.29, 1.82) is 0 Å². The Morgan fingerprint density at radius 3 is 2.81 bits per heavy atom. The second-order valence-corrected chi connectivity index (χ2v) is 6.37. The van der Waals surface area contributed by atoms with Crippen LogP contribution >= 0.6 is 11.3 Å². The number of carboxylic acid groups (broad SMARTS) is 1. The lowest BCUT2D eigenvalue weighted by molar-refractivity contribution is -0.138. The van der Waals surface area contributed by atoms with Crippen LogP contribution in [0.5, 0.6) is 0 Å². The summed E-state index contributed by atoms with van der Waals surface area (Å²) in [5, 5.41) is 10.9. The first-order chi connectivity index (χ1) is 10.1. The first-order valence-electron chi connectivity index (χ1n) is 7.39. The zero-order valence-corrected chi connectivity index (χ0v) is 13.0. The molecule has 5 nitrogen and oxygen atoms in total. The zero-order chi connectivity index (χ0) is 15.1. The second-order valence-electron chi connectivity index (χ2n) is 5.34. The second kappa shape index (κ2) is 8.14. The average molecular weight is 310 g/mol. The number of carboxylic acids is 1. The maximum absolute atomic E-state index is 12.2. The molecule has 1 saturated heterocycles. The highest BCUT2D eigenvalue weighted by Crippen LogP contribution is 2.13. The quantitative estimate of drug-likeness (QED) is 0.868. The van der Waals surface area contributed by atoms with E-state index in [0.29, 0.717) is 19.5 Å². The molecule has 0 radical (unpaired) electrons. The van der Waals surface area contributed by atoms with E-state index >= 15 is 0 Å². The van der Waals surface area contributed by atoms with E-state index in [4.69, 9.17) is 5.11 Å². The van der Waals surface area contributed by atoms with Crippen LogP contribution < -0.4 is 0 Å². The van der Waals surface area contributed by atoms with Crippen molar-refractivity contribution in [3.63, 3.8) is 0 Å². The minimum absolute atomic E-state index is 0.0698. The number of hydrogen-bond donors (Lipinski definition) is 1. The summed E-state index contributed by atoms with van der Waals surface area (Å²) in [5.41, 5.74) is 0. The van der Waals surface area contributed by atoms with Crippen LogP contribution in [-0.2, 0) is 16.0 Å². The molecule has 1 aromatic heterocycles. The molecule has 2 heterocycles. The van der Waals surface area contributed by atoms with Gasteiger partial charge in [-0.1, -0.05) is 6.07 Å². The third kappa shape index (κ3) is 5.47. The van der Waals surface area contributed by atoms with Crippen LogP contribution in [0, 0.1) is 0 Å². The number of amides is 1. The summed E-state index contributed by atoms with van der Waals surface area (Å²) in [5.74, 6) is -0.602. The van der Waals surface area contributed by atoms with E-state index in [1.807, 2.05) is 15.9 Å². The van der Waals surface area contributed by atoms with Gasteiger partial charge in [-0.3, -0.25) is 14.5 Å². The number of nitrogens with zero attached hydrogens (tertiary/aromatic N) is 2. The SMILES string of the molecule is O=C(O)CN1CCCN(C(=O)CCCc2cccs2)CC1. The van der Waals surface area contributed by atoms with Crippen molar-refractivity contribution in [3.8, 4) is 0 Å². The molecule has 1 N–H and O–H groups in total. The van der Waals surface area contributed by atoms with Gasteiger partial charge in [0.15, 0.2) is 0 Å². The summed E-state index contributed by atoms with van der Waals surface area (Å²) < 4.78 is 0. The molecule has 21 heavy (non-hydrogen) atoms. The molecule has 1 amide bonds. The van der Waals surface area contributed by atoms with Crippen molar-refractivity contribution in [2.24, 2.45) is 0 Å². The van der Waals surface area contributed by atoms with Gasteiger partial charge in [0, 0.05) is 37.5 Å². The lowest BCUT2D eigenvalue weighted by atomic mass is 10.2. The average Bonchev–Trinajstić information content (AvgIpc) is 2.84. The summed E-state index contributed by atoms with van der Waals surface area (Å²) in [6, 6.07) is 4.14. The Labute approximate surface area is 129 Å². The monoisotopic (exact) mass is 310 g/mol. The minimum atomic E-state index is -0.800. The normalized spacial score (nSPS) is 16.7. The van der Waals surface area contributed by atoms with Crippen molar-refractivity contribution in [2.75, 3.05) is 32.7 Å². The highest BCUT2D eigenvalue weighted by molar-refractivity contribution is 7.09. The molecule has 0 unspecified atom stereocenters. The predicted octanol–water partition coefficient (Wildman–Crippen LogP) is 1.69. The predicted molar refractivity (Wildman–Crippen MR) is 82.5 cm³/mol. The molecule has 1 aromatic rings. The molecular formula is C15H22N2O3S. The zero-order valence-electron chi connectivity index (χ0n) is 12.2. The third-order valence-corrected chi connectivity index (χ3v) is 4.63. The molecule has 2 rings (SSSR count). The Morgan fingerprint density at radius 2 is 2.10 bits per heavy atom. The van der Waals surface area contributed by atoms with E-state index in [-0.39, 0.29) is 12.5 Å². The Balaban J connectivity index is 1.71. The molecule has 6 heteroatoms. The van der Waals surface area contributed by atoms with Gasteiger partial charge in [0.1, 0.15) is 0 Å². The highest BCUT2D eigenvalue weighted by atomic mass is 32.1. The fraction of sp³-hybridized carbons (Fsp3) is 0.600. The first kappa shape index (κ1) is 16.0. The minimum Gasteiger partial charge on any atom is -0.480 e. The summed E-state index contributed by atoms with van der Waals surface area (Å²) in [7, 11) is 0. The van der Waals surface area contributed by atoms with Crippen LogP contribution in [0.15, 0.2) is 17.5 Å².